The summed E-state index contributed by atoms with van der Waals surface area (Å²) in [5.41, 5.74) is 2.46. The van der Waals surface area contributed by atoms with Crippen molar-refractivity contribution >= 4 is 17.5 Å². The second kappa shape index (κ2) is 5.71. The number of piperidine rings is 1. The zero-order valence-electron chi connectivity index (χ0n) is 15.3. The molecule has 1 aromatic heterocycles. The summed E-state index contributed by atoms with van der Waals surface area (Å²) in [7, 11) is 0. The van der Waals surface area contributed by atoms with E-state index < -0.39 is 0 Å². The first-order valence-electron chi connectivity index (χ1n) is 8.99. The molecule has 1 aliphatic carbocycles. The van der Waals surface area contributed by atoms with E-state index in [9.17, 15) is 9.90 Å². The van der Waals surface area contributed by atoms with Gasteiger partial charge in [0.25, 0.3) is 5.91 Å². The van der Waals surface area contributed by atoms with Gasteiger partial charge in [-0.2, -0.15) is 0 Å². The first-order valence-corrected chi connectivity index (χ1v) is 9.37. The van der Waals surface area contributed by atoms with Crippen molar-refractivity contribution in [3.8, 4) is 5.75 Å². The van der Waals surface area contributed by atoms with Crippen LogP contribution in [0.2, 0.25) is 5.02 Å². The van der Waals surface area contributed by atoms with Crippen molar-refractivity contribution < 1.29 is 9.90 Å². The van der Waals surface area contributed by atoms with Gasteiger partial charge in [-0.1, -0.05) is 44.5 Å². The number of aromatic nitrogens is 1. The lowest BCUT2D eigenvalue weighted by Gasteiger charge is -2.60. The number of benzene rings is 1. The topological polar surface area (TPSA) is 53.4 Å². The highest BCUT2D eigenvalue weighted by Gasteiger charge is 2.57. The van der Waals surface area contributed by atoms with E-state index in [4.69, 9.17) is 11.6 Å². The van der Waals surface area contributed by atoms with Crippen molar-refractivity contribution in [3.63, 3.8) is 0 Å². The van der Waals surface area contributed by atoms with Crippen LogP contribution < -0.4 is 0 Å². The Morgan fingerprint density at radius 3 is 2.81 bits per heavy atom. The third-order valence-electron chi connectivity index (χ3n) is 6.89. The standard InChI is InChI=1S/C21H23ClN2O2/c1-20(2)18-11-14-15(5-4-6-17(14)25)21(20,3)8-10-24(18)19(26)13-7-9-23-12-16(13)22/h4-7,9,12,18,25H,8,10-11H2,1-3H3/t18?,21-/m0/s1. The van der Waals surface area contributed by atoms with Gasteiger partial charge in [0.1, 0.15) is 5.75 Å². The minimum absolute atomic E-state index is 0.00113. The molecule has 2 heterocycles. The van der Waals surface area contributed by atoms with Crippen molar-refractivity contribution in [2.24, 2.45) is 5.41 Å². The fourth-order valence-electron chi connectivity index (χ4n) is 4.87. The number of phenols is 1. The number of amides is 1. The maximum Gasteiger partial charge on any atom is 0.255 e. The summed E-state index contributed by atoms with van der Waals surface area (Å²) in [6.45, 7) is 7.41. The molecular weight excluding hydrogens is 348 g/mol. The molecule has 2 atom stereocenters. The van der Waals surface area contributed by atoms with Gasteiger partial charge in [0.2, 0.25) is 0 Å². The molecule has 4 rings (SSSR count). The van der Waals surface area contributed by atoms with Crippen LogP contribution in [0.3, 0.4) is 0 Å². The summed E-state index contributed by atoms with van der Waals surface area (Å²) < 4.78 is 0. The predicted octanol–water partition coefficient (Wildman–Crippen LogP) is 4.20. The van der Waals surface area contributed by atoms with Gasteiger partial charge in [-0.05, 0) is 41.5 Å². The molecule has 0 spiro atoms. The number of carbonyl (C=O) groups is 1. The molecule has 4 nitrogen and oxygen atoms in total. The zero-order chi connectivity index (χ0) is 18.7. The smallest absolute Gasteiger partial charge is 0.255 e. The first kappa shape index (κ1) is 17.3. The third-order valence-corrected chi connectivity index (χ3v) is 7.19. The SMILES string of the molecule is CC1(C)C2Cc3c(O)cccc3[C@]1(C)CCN2C(=O)c1ccncc1Cl. The number of hydrogen-bond acceptors (Lipinski definition) is 3. The van der Waals surface area contributed by atoms with Crippen molar-refractivity contribution in [1.29, 1.82) is 0 Å². The molecule has 1 aliphatic heterocycles. The monoisotopic (exact) mass is 370 g/mol. The molecule has 1 amide bonds. The number of phenolic OH excluding ortho intramolecular Hbond substituents is 1. The molecule has 136 valence electrons. The van der Waals surface area contributed by atoms with E-state index in [0.717, 1.165) is 12.0 Å². The molecule has 5 heteroatoms. The highest BCUT2D eigenvalue weighted by atomic mass is 35.5. The number of likely N-dealkylation sites (tertiary alicyclic amines) is 1. The van der Waals surface area contributed by atoms with E-state index in [-0.39, 0.29) is 22.8 Å². The van der Waals surface area contributed by atoms with Gasteiger partial charge >= 0.3 is 0 Å². The number of fused-ring (bicyclic) bond motifs is 4. The highest BCUT2D eigenvalue weighted by Crippen LogP contribution is 2.57. The number of halogens is 1. The van der Waals surface area contributed by atoms with Crippen LogP contribution >= 0.6 is 11.6 Å². The Labute approximate surface area is 158 Å². The number of hydrogen-bond donors (Lipinski definition) is 1. The number of aromatic hydroxyl groups is 1. The van der Waals surface area contributed by atoms with E-state index in [2.05, 4.69) is 31.8 Å². The second-order valence-corrected chi connectivity index (χ2v) is 8.59. The minimum Gasteiger partial charge on any atom is -0.508 e. The Bertz CT molecular complexity index is 895. The van der Waals surface area contributed by atoms with Gasteiger partial charge < -0.3 is 10.0 Å². The molecule has 26 heavy (non-hydrogen) atoms. The molecule has 0 saturated carbocycles. The Kier molecular flexibility index (Phi) is 3.81. The van der Waals surface area contributed by atoms with E-state index in [1.54, 1.807) is 18.3 Å². The molecule has 1 saturated heterocycles. The Hall–Kier alpha value is -2.07. The van der Waals surface area contributed by atoms with E-state index >= 15 is 0 Å². The number of carbonyl (C=O) groups excluding carboxylic acids is 1. The molecule has 2 aliphatic rings. The first-order chi connectivity index (χ1) is 12.3. The summed E-state index contributed by atoms with van der Waals surface area (Å²) in [5, 5.41) is 10.8. The summed E-state index contributed by atoms with van der Waals surface area (Å²) in [6, 6.07) is 7.47. The third kappa shape index (κ3) is 2.21. The molecule has 2 aromatic rings. The van der Waals surface area contributed by atoms with E-state index in [1.165, 1.54) is 11.8 Å². The molecule has 1 unspecified atom stereocenters. The minimum atomic E-state index is -0.124. The normalized spacial score (nSPS) is 26.3. The van der Waals surface area contributed by atoms with Crippen LogP contribution in [0.5, 0.6) is 5.75 Å². The molecule has 1 aromatic carbocycles. The van der Waals surface area contributed by atoms with Crippen molar-refractivity contribution in [2.45, 2.75) is 45.1 Å². The van der Waals surface area contributed by atoms with Gasteiger partial charge in [0.15, 0.2) is 0 Å². The Morgan fingerprint density at radius 2 is 2.08 bits per heavy atom. The fraction of sp³-hybridized carbons (Fsp3) is 0.429. The molecular formula is C21H23ClN2O2. The zero-order valence-corrected chi connectivity index (χ0v) is 16.0. The fourth-order valence-corrected chi connectivity index (χ4v) is 5.07. The van der Waals surface area contributed by atoms with Crippen molar-refractivity contribution in [2.75, 3.05) is 6.54 Å². The lowest BCUT2D eigenvalue weighted by Crippen LogP contribution is -2.64. The number of pyridine rings is 1. The van der Waals surface area contributed by atoms with Gasteiger partial charge in [0, 0.05) is 30.4 Å². The van der Waals surface area contributed by atoms with Crippen molar-refractivity contribution in [1.82, 2.24) is 9.88 Å². The summed E-state index contributed by atoms with van der Waals surface area (Å²) in [5.74, 6) is 0.266. The highest BCUT2D eigenvalue weighted by molar-refractivity contribution is 6.33. The van der Waals surface area contributed by atoms with Gasteiger partial charge in [-0.25, -0.2) is 0 Å². The summed E-state index contributed by atoms with van der Waals surface area (Å²) >= 11 is 6.23. The maximum absolute atomic E-state index is 13.3. The molecule has 1 N–H and O–H groups in total. The predicted molar refractivity (Wildman–Crippen MR) is 102 cm³/mol. The molecule has 2 bridgehead atoms. The lowest BCUT2D eigenvalue weighted by molar-refractivity contribution is -0.0266. The molecule has 1 fully saturated rings. The Morgan fingerprint density at radius 1 is 1.31 bits per heavy atom. The lowest BCUT2D eigenvalue weighted by atomic mass is 9.51. The summed E-state index contributed by atoms with van der Waals surface area (Å²) in [4.78, 5) is 19.2. The number of rotatable bonds is 1. The Balaban J connectivity index is 1.81. The second-order valence-electron chi connectivity index (χ2n) is 8.18. The van der Waals surface area contributed by atoms with Crippen molar-refractivity contribution in [3.05, 3.63) is 58.4 Å². The van der Waals surface area contributed by atoms with Crippen LogP contribution in [-0.2, 0) is 11.8 Å². The number of nitrogens with zero attached hydrogens (tertiary/aromatic N) is 2. The van der Waals surface area contributed by atoms with Gasteiger partial charge in [0.05, 0.1) is 10.6 Å². The van der Waals surface area contributed by atoms with Gasteiger partial charge in [-0.3, -0.25) is 9.78 Å². The quantitative estimate of drug-likeness (QED) is 0.818. The van der Waals surface area contributed by atoms with Crippen LogP contribution in [0.4, 0.5) is 0 Å². The van der Waals surface area contributed by atoms with E-state index in [0.29, 0.717) is 29.3 Å². The maximum atomic E-state index is 13.3. The average Bonchev–Trinajstić information content (AvgIpc) is 2.59. The van der Waals surface area contributed by atoms with Crippen LogP contribution in [-0.4, -0.2) is 33.5 Å². The van der Waals surface area contributed by atoms with Crippen LogP contribution in [0.25, 0.3) is 0 Å². The van der Waals surface area contributed by atoms with Crippen LogP contribution in [0.15, 0.2) is 36.7 Å². The largest absolute Gasteiger partial charge is 0.508 e. The average molecular weight is 371 g/mol. The molecule has 0 radical (unpaired) electrons. The van der Waals surface area contributed by atoms with Crippen LogP contribution in [0.1, 0.15) is 48.7 Å². The van der Waals surface area contributed by atoms with Gasteiger partial charge in [-0.15, -0.1) is 0 Å². The summed E-state index contributed by atoms with van der Waals surface area (Å²) in [6.07, 6.45) is 4.61. The van der Waals surface area contributed by atoms with Crippen LogP contribution in [0, 0.1) is 5.41 Å². The van der Waals surface area contributed by atoms with E-state index in [1.807, 2.05) is 11.0 Å².